The summed E-state index contributed by atoms with van der Waals surface area (Å²) < 4.78 is 1.85. The zero-order valence-electron chi connectivity index (χ0n) is 12.9. The fraction of sp³-hybridized carbons (Fsp3) is 0.467. The van der Waals surface area contributed by atoms with Crippen molar-refractivity contribution in [3.63, 3.8) is 0 Å². The molecule has 8 heteroatoms. The van der Waals surface area contributed by atoms with E-state index in [0.29, 0.717) is 10.9 Å². The summed E-state index contributed by atoms with van der Waals surface area (Å²) in [6.07, 6.45) is 5.73. The quantitative estimate of drug-likeness (QED) is 0.634. The van der Waals surface area contributed by atoms with Crippen LogP contribution in [0.4, 0.5) is 11.4 Å². The van der Waals surface area contributed by atoms with Crippen LogP contribution in [0.25, 0.3) is 0 Å². The van der Waals surface area contributed by atoms with Crippen molar-refractivity contribution in [2.75, 3.05) is 18.0 Å². The van der Waals surface area contributed by atoms with E-state index < -0.39 is 4.92 Å². The second-order valence-corrected chi connectivity index (χ2v) is 6.34. The van der Waals surface area contributed by atoms with Gasteiger partial charge in [0.25, 0.3) is 5.69 Å². The Bertz CT molecular complexity index is 681. The highest BCUT2D eigenvalue weighted by molar-refractivity contribution is 6.33. The van der Waals surface area contributed by atoms with E-state index in [1.165, 1.54) is 6.07 Å². The molecule has 23 heavy (non-hydrogen) atoms. The van der Waals surface area contributed by atoms with E-state index in [2.05, 4.69) is 15.2 Å². The lowest BCUT2D eigenvalue weighted by Gasteiger charge is -2.35. The van der Waals surface area contributed by atoms with Crippen LogP contribution in [0, 0.1) is 23.0 Å². The fourth-order valence-electron chi connectivity index (χ4n) is 3.24. The molecule has 1 fully saturated rings. The number of benzene rings is 1. The summed E-state index contributed by atoms with van der Waals surface area (Å²) in [7, 11) is 0. The van der Waals surface area contributed by atoms with Gasteiger partial charge in [-0.1, -0.05) is 16.8 Å². The maximum Gasteiger partial charge on any atom is 0.271 e. The number of aromatic nitrogens is 3. The molecule has 1 aromatic heterocycles. The molecule has 0 saturated carbocycles. The number of hydrogen-bond donors (Lipinski definition) is 0. The van der Waals surface area contributed by atoms with Crippen LogP contribution in [0.3, 0.4) is 0 Å². The molecule has 1 aromatic carbocycles. The van der Waals surface area contributed by atoms with Gasteiger partial charge in [0.05, 0.1) is 21.8 Å². The Labute approximate surface area is 139 Å². The first-order valence-corrected chi connectivity index (χ1v) is 7.96. The van der Waals surface area contributed by atoms with Gasteiger partial charge in [0.2, 0.25) is 0 Å². The lowest BCUT2D eigenvalue weighted by atomic mass is 9.97. The molecular formula is C15H18ClN5O2. The summed E-state index contributed by atoms with van der Waals surface area (Å²) in [4.78, 5) is 12.8. The minimum atomic E-state index is -0.410. The molecule has 0 radical (unpaired) electrons. The van der Waals surface area contributed by atoms with Crippen LogP contribution in [0.2, 0.25) is 5.02 Å². The normalized spacial score (nSPS) is 18.2. The third-order valence-corrected chi connectivity index (χ3v) is 4.49. The first kappa shape index (κ1) is 15.7. The topological polar surface area (TPSA) is 77.1 Å². The summed E-state index contributed by atoms with van der Waals surface area (Å²) >= 11 is 6.33. The minimum Gasteiger partial charge on any atom is -0.370 e. The van der Waals surface area contributed by atoms with E-state index in [4.69, 9.17) is 11.6 Å². The number of piperidine rings is 1. The molecule has 1 unspecified atom stereocenters. The first-order valence-electron chi connectivity index (χ1n) is 7.58. The molecule has 1 aliphatic rings. The average molecular weight is 336 g/mol. The van der Waals surface area contributed by atoms with E-state index in [1.807, 2.05) is 17.8 Å². The second kappa shape index (κ2) is 6.54. The van der Waals surface area contributed by atoms with E-state index in [-0.39, 0.29) is 5.69 Å². The maximum atomic E-state index is 10.9. The maximum absolute atomic E-state index is 10.9. The smallest absolute Gasteiger partial charge is 0.271 e. The number of anilines is 1. The zero-order valence-corrected chi connectivity index (χ0v) is 13.6. The number of aryl methyl sites for hydroxylation is 1. The predicted octanol–water partition coefficient (Wildman–Crippen LogP) is 3.06. The Hall–Kier alpha value is -2.15. The van der Waals surface area contributed by atoms with Gasteiger partial charge in [0, 0.05) is 38.0 Å². The Morgan fingerprint density at radius 3 is 2.96 bits per heavy atom. The average Bonchev–Trinajstić information content (AvgIpc) is 2.99. The van der Waals surface area contributed by atoms with Crippen LogP contribution < -0.4 is 4.90 Å². The number of nitro groups is 1. The van der Waals surface area contributed by atoms with Gasteiger partial charge in [-0.05, 0) is 31.2 Å². The van der Waals surface area contributed by atoms with Gasteiger partial charge in [-0.25, -0.2) is 0 Å². The Balaban J connectivity index is 1.79. The molecule has 2 aromatic rings. The lowest BCUT2D eigenvalue weighted by Crippen LogP contribution is -2.37. The van der Waals surface area contributed by atoms with Gasteiger partial charge in [0.15, 0.2) is 0 Å². The highest BCUT2D eigenvalue weighted by atomic mass is 35.5. The standard InChI is InChI=1S/C15H18ClN5O2/c1-11-7-13(21(22)23)8-14(16)15(11)19-5-2-3-12(9-19)10-20-6-4-17-18-20/h4,6-8,12H,2-3,5,9-10H2,1H3. The number of rotatable bonds is 4. The molecule has 7 nitrogen and oxygen atoms in total. The molecule has 0 spiro atoms. The molecule has 0 N–H and O–H groups in total. The predicted molar refractivity (Wildman–Crippen MR) is 87.8 cm³/mol. The third-order valence-electron chi connectivity index (χ3n) is 4.20. The summed E-state index contributed by atoms with van der Waals surface area (Å²) in [5, 5.41) is 19.2. The Morgan fingerprint density at radius 2 is 2.30 bits per heavy atom. The largest absolute Gasteiger partial charge is 0.370 e. The van der Waals surface area contributed by atoms with Crippen molar-refractivity contribution in [1.29, 1.82) is 0 Å². The van der Waals surface area contributed by atoms with Crippen molar-refractivity contribution >= 4 is 23.0 Å². The minimum absolute atomic E-state index is 0.0347. The molecule has 0 amide bonds. The summed E-state index contributed by atoms with van der Waals surface area (Å²) in [5.74, 6) is 0.455. The van der Waals surface area contributed by atoms with E-state index in [1.54, 1.807) is 12.3 Å². The molecule has 3 rings (SSSR count). The summed E-state index contributed by atoms with van der Waals surface area (Å²) in [6, 6.07) is 3.02. The Morgan fingerprint density at radius 1 is 1.48 bits per heavy atom. The van der Waals surface area contributed by atoms with Crippen LogP contribution >= 0.6 is 11.6 Å². The fourth-order valence-corrected chi connectivity index (χ4v) is 3.62. The number of hydrogen-bond acceptors (Lipinski definition) is 5. The van der Waals surface area contributed by atoms with Crippen molar-refractivity contribution in [3.05, 3.63) is 45.2 Å². The van der Waals surface area contributed by atoms with E-state index in [0.717, 1.165) is 43.7 Å². The van der Waals surface area contributed by atoms with Gasteiger partial charge in [0.1, 0.15) is 0 Å². The molecule has 0 bridgehead atoms. The molecular weight excluding hydrogens is 318 g/mol. The van der Waals surface area contributed by atoms with Crippen LogP contribution in [0.1, 0.15) is 18.4 Å². The number of halogens is 1. The van der Waals surface area contributed by atoms with Crippen LogP contribution in [-0.2, 0) is 6.54 Å². The zero-order chi connectivity index (χ0) is 16.4. The number of nitro benzene ring substituents is 1. The van der Waals surface area contributed by atoms with Crippen LogP contribution in [0.15, 0.2) is 24.5 Å². The molecule has 1 aliphatic heterocycles. The van der Waals surface area contributed by atoms with E-state index >= 15 is 0 Å². The SMILES string of the molecule is Cc1cc([N+](=O)[O-])cc(Cl)c1N1CCCC(Cn2ccnn2)C1. The second-order valence-electron chi connectivity index (χ2n) is 5.93. The highest BCUT2D eigenvalue weighted by Gasteiger charge is 2.24. The lowest BCUT2D eigenvalue weighted by molar-refractivity contribution is -0.384. The monoisotopic (exact) mass is 335 g/mol. The highest BCUT2D eigenvalue weighted by Crippen LogP contribution is 2.36. The van der Waals surface area contributed by atoms with Crippen molar-refractivity contribution in [2.24, 2.45) is 5.92 Å². The van der Waals surface area contributed by atoms with E-state index in [9.17, 15) is 10.1 Å². The van der Waals surface area contributed by atoms with Gasteiger partial charge < -0.3 is 4.90 Å². The van der Waals surface area contributed by atoms with Crippen molar-refractivity contribution in [3.8, 4) is 0 Å². The molecule has 0 aliphatic carbocycles. The van der Waals surface area contributed by atoms with Crippen molar-refractivity contribution in [1.82, 2.24) is 15.0 Å². The van der Waals surface area contributed by atoms with Crippen molar-refractivity contribution < 1.29 is 4.92 Å². The van der Waals surface area contributed by atoms with Crippen LogP contribution in [0.5, 0.6) is 0 Å². The number of nitrogens with zero attached hydrogens (tertiary/aromatic N) is 5. The summed E-state index contributed by atoms with van der Waals surface area (Å²) in [6.45, 7) is 4.46. The van der Waals surface area contributed by atoms with Crippen molar-refractivity contribution in [2.45, 2.75) is 26.3 Å². The summed E-state index contributed by atoms with van der Waals surface area (Å²) in [5.41, 5.74) is 1.78. The van der Waals surface area contributed by atoms with Gasteiger partial charge in [-0.2, -0.15) is 0 Å². The number of non-ortho nitro benzene ring substituents is 1. The Kier molecular flexibility index (Phi) is 4.47. The van der Waals surface area contributed by atoms with Gasteiger partial charge >= 0.3 is 0 Å². The third kappa shape index (κ3) is 3.44. The van der Waals surface area contributed by atoms with Crippen LogP contribution in [-0.4, -0.2) is 33.0 Å². The van der Waals surface area contributed by atoms with Gasteiger partial charge in [-0.3, -0.25) is 14.8 Å². The first-order chi connectivity index (χ1) is 11.0. The molecule has 2 heterocycles. The molecule has 1 atom stereocenters. The molecule has 1 saturated heterocycles. The molecule has 122 valence electrons. The van der Waals surface area contributed by atoms with Gasteiger partial charge in [-0.15, -0.1) is 5.10 Å².